The van der Waals surface area contributed by atoms with Gasteiger partial charge in [-0.05, 0) is 36.7 Å². The summed E-state index contributed by atoms with van der Waals surface area (Å²) in [4.78, 5) is 26.1. The first-order chi connectivity index (χ1) is 12.9. The van der Waals surface area contributed by atoms with Crippen LogP contribution >= 0.6 is 0 Å². The maximum absolute atomic E-state index is 12.2. The summed E-state index contributed by atoms with van der Waals surface area (Å²) in [6.07, 6.45) is 0.386. The number of aromatic hydroxyl groups is 1. The van der Waals surface area contributed by atoms with Crippen LogP contribution in [0.3, 0.4) is 0 Å². The molecule has 27 heavy (non-hydrogen) atoms. The molecule has 7 nitrogen and oxygen atoms in total. The number of hydrogen-bond donors (Lipinski definition) is 4. The molecule has 0 aliphatic heterocycles. The molecule has 142 valence electrons. The van der Waals surface area contributed by atoms with Crippen LogP contribution in [0.5, 0.6) is 5.75 Å². The normalized spacial score (nSPS) is 11.2. The molecule has 0 aliphatic rings. The Morgan fingerprint density at radius 1 is 1.26 bits per heavy atom. The Balaban J connectivity index is 2.18. The fraction of sp³-hybridized carbons (Fsp3) is 0.300. The molecule has 7 heteroatoms. The van der Waals surface area contributed by atoms with Crippen LogP contribution in [0.15, 0.2) is 29.1 Å². The van der Waals surface area contributed by atoms with Crippen molar-refractivity contribution in [3.63, 3.8) is 0 Å². The minimum atomic E-state index is -1.44. The van der Waals surface area contributed by atoms with Crippen LogP contribution in [0.4, 0.5) is 0 Å². The highest BCUT2D eigenvalue weighted by Gasteiger charge is 2.22. The molecule has 0 spiro atoms. The molecule has 0 amide bonds. The standard InChI is InChI=1S/C20H23N3O4/c1-4-14-17(22-19(25)16(18(14)24)20(26)27)11-6-7-15-12(8-11)9-13(23(15)3)10-21-5-2/h6-9,21H,4-5,10H2,1-3H3,(H,26,27)(H2,22,24,25). The van der Waals surface area contributed by atoms with Gasteiger partial charge >= 0.3 is 5.97 Å². The van der Waals surface area contributed by atoms with Crippen molar-refractivity contribution >= 4 is 16.9 Å². The summed E-state index contributed by atoms with van der Waals surface area (Å²) in [5.74, 6) is -1.91. The van der Waals surface area contributed by atoms with Crippen LogP contribution in [0.25, 0.3) is 22.2 Å². The SMILES string of the molecule is CCNCc1cc2cc(-c3[nH]c(=O)c(C(=O)O)c(O)c3CC)ccc2n1C. The largest absolute Gasteiger partial charge is 0.506 e. The van der Waals surface area contributed by atoms with E-state index >= 15 is 0 Å². The van der Waals surface area contributed by atoms with Crippen LogP contribution in [-0.4, -0.2) is 32.3 Å². The van der Waals surface area contributed by atoms with E-state index in [1.807, 2.05) is 25.2 Å². The van der Waals surface area contributed by atoms with Crippen LogP contribution < -0.4 is 10.9 Å². The molecule has 0 atom stereocenters. The monoisotopic (exact) mass is 369 g/mol. The molecule has 0 bridgehead atoms. The second-order valence-electron chi connectivity index (χ2n) is 6.44. The lowest BCUT2D eigenvalue weighted by Gasteiger charge is -2.12. The molecular weight excluding hydrogens is 346 g/mol. The zero-order valence-corrected chi connectivity index (χ0v) is 15.6. The Labute approximate surface area is 156 Å². The smallest absolute Gasteiger partial charge is 0.345 e. The van der Waals surface area contributed by atoms with Gasteiger partial charge in [-0.15, -0.1) is 0 Å². The van der Waals surface area contributed by atoms with Gasteiger partial charge in [0, 0.05) is 35.8 Å². The van der Waals surface area contributed by atoms with Crippen LogP contribution in [0.2, 0.25) is 0 Å². The first kappa shape index (κ1) is 18.7. The summed E-state index contributed by atoms with van der Waals surface area (Å²) in [6.45, 7) is 5.49. The molecule has 3 rings (SSSR count). The number of carboxylic acid groups (broad SMARTS) is 1. The van der Waals surface area contributed by atoms with Crippen LogP contribution in [0, 0.1) is 0 Å². The Kier molecular flexibility index (Phi) is 5.05. The van der Waals surface area contributed by atoms with Gasteiger partial charge < -0.3 is 25.1 Å². The van der Waals surface area contributed by atoms with Gasteiger partial charge in [-0.3, -0.25) is 4.79 Å². The third kappa shape index (κ3) is 3.21. The van der Waals surface area contributed by atoms with E-state index in [-0.39, 0.29) is 0 Å². The fourth-order valence-electron chi connectivity index (χ4n) is 3.40. The molecule has 0 saturated carbocycles. The van der Waals surface area contributed by atoms with Crippen molar-refractivity contribution in [2.75, 3.05) is 6.54 Å². The molecule has 3 aromatic rings. The zero-order chi connectivity index (χ0) is 19.7. The molecule has 1 aromatic carbocycles. The first-order valence-electron chi connectivity index (χ1n) is 8.89. The Bertz CT molecular complexity index is 1080. The number of aromatic carboxylic acids is 1. The molecule has 2 aromatic heterocycles. The number of aromatic nitrogens is 2. The molecule has 4 N–H and O–H groups in total. The van der Waals surface area contributed by atoms with Crippen molar-refractivity contribution in [3.05, 3.63) is 51.4 Å². The quantitative estimate of drug-likeness (QED) is 0.534. The van der Waals surface area contributed by atoms with Crippen molar-refractivity contribution in [1.29, 1.82) is 0 Å². The van der Waals surface area contributed by atoms with E-state index in [0.717, 1.165) is 35.2 Å². The Morgan fingerprint density at radius 3 is 2.63 bits per heavy atom. The van der Waals surface area contributed by atoms with Gasteiger partial charge in [0.05, 0.1) is 5.69 Å². The average molecular weight is 369 g/mol. The third-order valence-corrected chi connectivity index (χ3v) is 4.84. The van der Waals surface area contributed by atoms with Gasteiger partial charge in [0.25, 0.3) is 5.56 Å². The van der Waals surface area contributed by atoms with E-state index in [1.165, 1.54) is 0 Å². The summed E-state index contributed by atoms with van der Waals surface area (Å²) < 4.78 is 2.11. The first-order valence-corrected chi connectivity index (χ1v) is 8.89. The van der Waals surface area contributed by atoms with Crippen molar-refractivity contribution in [2.45, 2.75) is 26.8 Å². The van der Waals surface area contributed by atoms with E-state index in [9.17, 15) is 19.8 Å². The molecular formula is C20H23N3O4. The predicted octanol–water partition coefficient (Wildman–Crippen LogP) is 2.61. The number of H-pyrrole nitrogens is 1. The number of hydrogen-bond acceptors (Lipinski definition) is 4. The summed E-state index contributed by atoms with van der Waals surface area (Å²) in [5.41, 5.74) is 2.34. The van der Waals surface area contributed by atoms with Crippen molar-refractivity contribution in [2.24, 2.45) is 7.05 Å². The minimum Gasteiger partial charge on any atom is -0.506 e. The number of rotatable bonds is 6. The number of benzene rings is 1. The molecule has 0 radical (unpaired) electrons. The van der Waals surface area contributed by atoms with Gasteiger partial charge in [-0.25, -0.2) is 4.79 Å². The number of aromatic amines is 1. The van der Waals surface area contributed by atoms with Crippen LogP contribution in [-0.2, 0) is 20.0 Å². The molecule has 0 unspecified atom stereocenters. The molecule has 0 fully saturated rings. The van der Waals surface area contributed by atoms with E-state index in [4.69, 9.17) is 0 Å². The number of nitrogens with one attached hydrogen (secondary N) is 2. The van der Waals surface area contributed by atoms with Gasteiger partial charge in [0.15, 0.2) is 5.56 Å². The maximum atomic E-state index is 12.2. The summed E-state index contributed by atoms with van der Waals surface area (Å²) in [6, 6.07) is 7.84. The number of pyridine rings is 1. The highest BCUT2D eigenvalue weighted by molar-refractivity contribution is 5.92. The second-order valence-corrected chi connectivity index (χ2v) is 6.44. The zero-order valence-electron chi connectivity index (χ0n) is 15.6. The number of aryl methyl sites for hydroxylation is 1. The van der Waals surface area contributed by atoms with E-state index in [0.29, 0.717) is 17.7 Å². The predicted molar refractivity (Wildman–Crippen MR) is 104 cm³/mol. The van der Waals surface area contributed by atoms with E-state index in [2.05, 4.69) is 27.9 Å². The topological polar surface area (TPSA) is 107 Å². The highest BCUT2D eigenvalue weighted by atomic mass is 16.4. The molecule has 0 aliphatic carbocycles. The lowest BCUT2D eigenvalue weighted by atomic mass is 9.99. The summed E-state index contributed by atoms with van der Waals surface area (Å²) >= 11 is 0. The number of carbonyl (C=O) groups is 1. The number of nitrogens with zero attached hydrogens (tertiary/aromatic N) is 1. The lowest BCUT2D eigenvalue weighted by molar-refractivity contribution is 0.0691. The van der Waals surface area contributed by atoms with Crippen molar-refractivity contribution in [1.82, 2.24) is 14.9 Å². The number of carboxylic acids is 1. The lowest BCUT2D eigenvalue weighted by Crippen LogP contribution is -2.20. The van der Waals surface area contributed by atoms with Gasteiger partial charge in [0.2, 0.25) is 0 Å². The Morgan fingerprint density at radius 2 is 2.00 bits per heavy atom. The van der Waals surface area contributed by atoms with E-state index in [1.54, 1.807) is 6.92 Å². The minimum absolute atomic E-state index is 0.386. The van der Waals surface area contributed by atoms with E-state index < -0.39 is 22.8 Å². The average Bonchev–Trinajstić information content (AvgIpc) is 2.94. The molecule has 2 heterocycles. The summed E-state index contributed by atoms with van der Waals surface area (Å²) in [5, 5.41) is 23.8. The highest BCUT2D eigenvalue weighted by Crippen LogP contribution is 2.32. The van der Waals surface area contributed by atoms with Gasteiger partial charge in [-0.2, -0.15) is 0 Å². The third-order valence-electron chi connectivity index (χ3n) is 4.84. The van der Waals surface area contributed by atoms with Crippen LogP contribution in [0.1, 0.15) is 35.5 Å². The fourth-order valence-corrected chi connectivity index (χ4v) is 3.40. The molecule has 0 saturated heterocycles. The number of fused-ring (bicyclic) bond motifs is 1. The Hall–Kier alpha value is -3.06. The van der Waals surface area contributed by atoms with Crippen molar-refractivity contribution < 1.29 is 15.0 Å². The van der Waals surface area contributed by atoms with Crippen molar-refractivity contribution in [3.8, 4) is 17.0 Å². The maximum Gasteiger partial charge on any atom is 0.345 e. The van der Waals surface area contributed by atoms with Gasteiger partial charge in [-0.1, -0.05) is 19.9 Å². The second kappa shape index (κ2) is 7.28. The summed E-state index contributed by atoms with van der Waals surface area (Å²) in [7, 11) is 2.00. The van der Waals surface area contributed by atoms with Gasteiger partial charge in [0.1, 0.15) is 5.75 Å².